The molecule has 0 aliphatic carbocycles. The number of likely N-dealkylation sites (tertiary alicyclic amines) is 2. The normalized spacial score (nSPS) is 31.5. The monoisotopic (exact) mass is 436 g/mol. The molecule has 4 heterocycles. The van der Waals surface area contributed by atoms with Gasteiger partial charge in [0.2, 0.25) is 5.91 Å². The van der Waals surface area contributed by atoms with Crippen molar-refractivity contribution >= 4 is 29.5 Å². The molecule has 4 atom stereocenters. The van der Waals surface area contributed by atoms with Gasteiger partial charge < -0.3 is 24.9 Å². The van der Waals surface area contributed by atoms with Gasteiger partial charge in [-0.25, -0.2) is 4.79 Å². The number of piperidine rings is 1. The van der Waals surface area contributed by atoms with Crippen LogP contribution >= 0.6 is 11.8 Å². The lowest BCUT2D eigenvalue weighted by Gasteiger charge is -2.46. The second-order valence-corrected chi connectivity index (χ2v) is 10.6. The summed E-state index contributed by atoms with van der Waals surface area (Å²) < 4.78 is 0. The molecule has 0 saturated carbocycles. The van der Waals surface area contributed by atoms with Crippen molar-refractivity contribution in [3.63, 3.8) is 0 Å². The highest BCUT2D eigenvalue weighted by Gasteiger charge is 2.60. The number of nitrogens with one attached hydrogen (secondary N) is 1. The summed E-state index contributed by atoms with van der Waals surface area (Å²) in [6.07, 6.45) is 1.48. The number of aliphatic hydroxyl groups excluding tert-OH is 1. The Morgan fingerprint density at radius 3 is 2.47 bits per heavy atom. The zero-order valence-electron chi connectivity index (χ0n) is 17.9. The molecule has 3 fully saturated rings. The number of nitrogens with zero attached hydrogens (tertiary/aromatic N) is 3. The highest BCUT2D eigenvalue weighted by molar-refractivity contribution is 8.03. The molecule has 9 heteroatoms. The van der Waals surface area contributed by atoms with Gasteiger partial charge in [0.15, 0.2) is 0 Å². The standard InChI is InChI=1S/C21H32N4O4S/c1-11-17-16(12(2)26)20(27)25(17)18(21(28)29)19(11)30-15-9-23(10-15)8-14-4-6-24(7-5-14)13(3)22/h11-12,14-17,22,26H,4-10H2,1-3H3,(H,28,29)/t11-,12-,16-,17-/m1/s1. The molecule has 0 aromatic rings. The van der Waals surface area contributed by atoms with Gasteiger partial charge >= 0.3 is 5.97 Å². The third-order valence-corrected chi connectivity index (χ3v) is 8.58. The van der Waals surface area contributed by atoms with E-state index in [-0.39, 0.29) is 23.6 Å². The molecule has 0 bridgehead atoms. The average Bonchev–Trinajstić information content (AvgIpc) is 2.89. The molecular weight excluding hydrogens is 404 g/mol. The van der Waals surface area contributed by atoms with Gasteiger partial charge in [0.25, 0.3) is 0 Å². The first-order valence-corrected chi connectivity index (χ1v) is 11.7. The van der Waals surface area contributed by atoms with Crippen molar-refractivity contribution in [1.29, 1.82) is 5.41 Å². The number of carbonyl (C=O) groups excluding carboxylic acids is 1. The van der Waals surface area contributed by atoms with Crippen LogP contribution in [0.1, 0.15) is 33.6 Å². The second-order valence-electron chi connectivity index (χ2n) is 9.25. The first-order chi connectivity index (χ1) is 14.2. The molecule has 0 aromatic heterocycles. The van der Waals surface area contributed by atoms with E-state index in [2.05, 4.69) is 9.80 Å². The number of hydrogen-bond donors (Lipinski definition) is 3. The van der Waals surface area contributed by atoms with Gasteiger partial charge in [0.05, 0.1) is 23.9 Å². The van der Waals surface area contributed by atoms with Crippen LogP contribution in [-0.2, 0) is 9.59 Å². The van der Waals surface area contributed by atoms with E-state index in [1.54, 1.807) is 18.7 Å². The maximum Gasteiger partial charge on any atom is 0.353 e. The summed E-state index contributed by atoms with van der Waals surface area (Å²) in [5.74, 6) is -0.549. The molecule has 8 nitrogen and oxygen atoms in total. The first kappa shape index (κ1) is 21.6. The van der Waals surface area contributed by atoms with E-state index in [9.17, 15) is 19.8 Å². The lowest BCUT2D eigenvalue weighted by atomic mass is 9.79. The van der Waals surface area contributed by atoms with Crippen LogP contribution in [0.15, 0.2) is 10.6 Å². The number of β-lactam (4-membered cyclic amide) rings is 1. The van der Waals surface area contributed by atoms with Gasteiger partial charge in [-0.3, -0.25) is 10.2 Å². The van der Waals surface area contributed by atoms with E-state index in [0.29, 0.717) is 17.0 Å². The Hall–Kier alpha value is -1.58. The number of carboxylic acid groups (broad SMARTS) is 1. The number of aliphatic carboxylic acids is 1. The molecule has 0 aromatic carbocycles. The molecule has 3 saturated heterocycles. The molecule has 4 aliphatic heterocycles. The third kappa shape index (κ3) is 3.65. The predicted molar refractivity (Wildman–Crippen MR) is 115 cm³/mol. The fraction of sp³-hybridized carbons (Fsp3) is 0.762. The topological polar surface area (TPSA) is 108 Å². The molecule has 3 N–H and O–H groups in total. The fourth-order valence-corrected chi connectivity index (χ4v) is 7.00. The highest BCUT2D eigenvalue weighted by atomic mass is 32.2. The Morgan fingerprint density at radius 1 is 1.30 bits per heavy atom. The lowest BCUT2D eigenvalue weighted by Crippen LogP contribution is -2.63. The van der Waals surface area contributed by atoms with Gasteiger partial charge in [-0.15, -0.1) is 11.8 Å². The SMILES string of the molecule is CC(=N)N1CCC(CN2CC(SC3=C(C(=O)O)N4C(=O)[C@H]([C@@H](C)O)[C@H]4[C@H]3C)C2)CC1. The van der Waals surface area contributed by atoms with Gasteiger partial charge in [0, 0.05) is 48.8 Å². The summed E-state index contributed by atoms with van der Waals surface area (Å²) in [5.41, 5.74) is 0.132. The number of carbonyl (C=O) groups is 2. The molecule has 4 rings (SSSR count). The van der Waals surface area contributed by atoms with E-state index in [1.165, 1.54) is 4.90 Å². The Labute approximate surface area is 181 Å². The number of rotatable bonds is 6. The molecule has 30 heavy (non-hydrogen) atoms. The number of hydrogen-bond acceptors (Lipinski definition) is 6. The molecule has 1 amide bonds. The van der Waals surface area contributed by atoms with E-state index in [0.717, 1.165) is 50.5 Å². The van der Waals surface area contributed by atoms with Crippen LogP contribution in [0.25, 0.3) is 0 Å². The molecule has 0 unspecified atom stereocenters. The van der Waals surface area contributed by atoms with Crippen LogP contribution in [0.3, 0.4) is 0 Å². The number of aliphatic hydroxyl groups is 1. The summed E-state index contributed by atoms with van der Waals surface area (Å²) in [5, 5.41) is 27.8. The second kappa shape index (κ2) is 8.16. The van der Waals surface area contributed by atoms with Crippen LogP contribution < -0.4 is 0 Å². The van der Waals surface area contributed by atoms with Crippen molar-refractivity contribution in [2.24, 2.45) is 17.8 Å². The van der Waals surface area contributed by atoms with E-state index in [4.69, 9.17) is 5.41 Å². The number of carboxylic acids is 1. The first-order valence-electron chi connectivity index (χ1n) is 10.9. The molecule has 0 radical (unpaired) electrons. The van der Waals surface area contributed by atoms with Crippen LogP contribution in [0.4, 0.5) is 0 Å². The van der Waals surface area contributed by atoms with Crippen molar-refractivity contribution in [3.8, 4) is 0 Å². The van der Waals surface area contributed by atoms with Gasteiger partial charge in [-0.05, 0) is 32.6 Å². The Bertz CT molecular complexity index is 771. The fourth-order valence-electron chi connectivity index (χ4n) is 5.42. The quantitative estimate of drug-likeness (QED) is 0.327. The van der Waals surface area contributed by atoms with Crippen LogP contribution in [0.5, 0.6) is 0 Å². The molecule has 166 valence electrons. The number of amidine groups is 1. The van der Waals surface area contributed by atoms with E-state index < -0.39 is 18.0 Å². The Kier molecular flexibility index (Phi) is 5.89. The number of amides is 1. The minimum Gasteiger partial charge on any atom is -0.477 e. The Balaban J connectivity index is 1.32. The minimum atomic E-state index is -1.05. The van der Waals surface area contributed by atoms with Crippen molar-refractivity contribution in [1.82, 2.24) is 14.7 Å². The molecular formula is C21H32N4O4S. The van der Waals surface area contributed by atoms with Crippen molar-refractivity contribution in [3.05, 3.63) is 10.6 Å². The van der Waals surface area contributed by atoms with Crippen LogP contribution in [0, 0.1) is 23.2 Å². The third-order valence-electron chi connectivity index (χ3n) is 7.13. The maximum absolute atomic E-state index is 12.4. The number of thioether (sulfide) groups is 1. The average molecular weight is 437 g/mol. The summed E-state index contributed by atoms with van der Waals surface area (Å²) in [7, 11) is 0. The van der Waals surface area contributed by atoms with Crippen molar-refractivity contribution in [2.45, 2.75) is 51.0 Å². The van der Waals surface area contributed by atoms with E-state index >= 15 is 0 Å². The summed E-state index contributed by atoms with van der Waals surface area (Å²) in [6.45, 7) is 10.3. The summed E-state index contributed by atoms with van der Waals surface area (Å²) in [6, 6.07) is -0.232. The van der Waals surface area contributed by atoms with Gasteiger partial charge in [-0.2, -0.15) is 0 Å². The summed E-state index contributed by atoms with van der Waals surface area (Å²) >= 11 is 1.62. The zero-order chi connectivity index (χ0) is 21.7. The van der Waals surface area contributed by atoms with Gasteiger partial charge in [0.1, 0.15) is 5.70 Å². The molecule has 0 spiro atoms. The van der Waals surface area contributed by atoms with Crippen LogP contribution in [-0.4, -0.2) is 92.7 Å². The predicted octanol–water partition coefficient (Wildman–Crippen LogP) is 1.27. The van der Waals surface area contributed by atoms with Crippen molar-refractivity contribution in [2.75, 3.05) is 32.7 Å². The molecule has 4 aliphatic rings. The minimum absolute atomic E-state index is 0.0545. The van der Waals surface area contributed by atoms with Crippen molar-refractivity contribution < 1.29 is 19.8 Å². The zero-order valence-corrected chi connectivity index (χ0v) is 18.7. The van der Waals surface area contributed by atoms with E-state index in [1.807, 2.05) is 13.8 Å². The van der Waals surface area contributed by atoms with Gasteiger partial charge in [-0.1, -0.05) is 6.92 Å². The Morgan fingerprint density at radius 2 is 1.93 bits per heavy atom. The largest absolute Gasteiger partial charge is 0.477 e. The smallest absolute Gasteiger partial charge is 0.353 e. The summed E-state index contributed by atoms with van der Waals surface area (Å²) in [4.78, 5) is 31.1. The maximum atomic E-state index is 12.4. The lowest BCUT2D eigenvalue weighted by molar-refractivity contribution is -0.163. The van der Waals surface area contributed by atoms with Crippen LogP contribution in [0.2, 0.25) is 0 Å². The number of fused-ring (bicyclic) bond motifs is 1. The highest BCUT2D eigenvalue weighted by Crippen LogP contribution is 2.51.